The molecule has 3 aromatic rings. The minimum absolute atomic E-state index is 0.0547. The van der Waals surface area contributed by atoms with Crippen LogP contribution in [0.1, 0.15) is 45.1 Å². The van der Waals surface area contributed by atoms with E-state index in [1.54, 1.807) is 84.9 Å². The molecule has 5 amide bonds. The van der Waals surface area contributed by atoms with E-state index in [4.69, 9.17) is 13.9 Å². The van der Waals surface area contributed by atoms with E-state index in [2.05, 4.69) is 16.0 Å². The van der Waals surface area contributed by atoms with E-state index in [0.29, 0.717) is 5.06 Å². The van der Waals surface area contributed by atoms with Crippen LogP contribution in [0.4, 0.5) is 0 Å². The Hall–Kier alpha value is -5.49. The monoisotopic (exact) mass is 692 g/mol. The summed E-state index contributed by atoms with van der Waals surface area (Å²) in [5.74, 6) is -5.04. The lowest BCUT2D eigenvalue weighted by atomic mass is 10.1. The van der Waals surface area contributed by atoms with Gasteiger partial charge in [0.05, 0.1) is 6.42 Å². The van der Waals surface area contributed by atoms with Gasteiger partial charge in [-0.3, -0.25) is 24.0 Å². The standard InChI is InChI=1S/C34H37N4O10P/c1-23(35-28(39)18-21-32(42)46-38-30(40)19-20-31(38)41)33(43)36-24(2)34(44)37-29(22-25-12-6-3-7-13-25)49(45,47-26-14-8-4-9-15-26)48-27-16-10-5-11-17-27/h3-17,23-24,29H,18-22H2,1-2H3,(H,35,39)(H,36,43)(H,37,44)/t23-,24-,29+/m0/s1. The Morgan fingerprint density at radius 2 is 1.16 bits per heavy atom. The number of carbonyl (C=O) groups excluding carboxylic acids is 6. The van der Waals surface area contributed by atoms with Gasteiger partial charge in [-0.2, -0.15) is 0 Å². The van der Waals surface area contributed by atoms with Crippen LogP contribution in [0.2, 0.25) is 0 Å². The third-order valence-electron chi connectivity index (χ3n) is 7.19. The van der Waals surface area contributed by atoms with Gasteiger partial charge in [0.25, 0.3) is 11.8 Å². The molecule has 1 saturated heterocycles. The molecule has 0 bridgehead atoms. The number of carbonyl (C=O) groups is 6. The molecule has 4 rings (SSSR count). The first kappa shape index (κ1) is 36.3. The summed E-state index contributed by atoms with van der Waals surface area (Å²) >= 11 is 0. The van der Waals surface area contributed by atoms with Crippen molar-refractivity contribution in [2.24, 2.45) is 0 Å². The van der Waals surface area contributed by atoms with Crippen LogP contribution in [0.25, 0.3) is 0 Å². The zero-order valence-electron chi connectivity index (χ0n) is 26.9. The summed E-state index contributed by atoms with van der Waals surface area (Å²) in [4.78, 5) is 78.7. The van der Waals surface area contributed by atoms with Gasteiger partial charge in [0.2, 0.25) is 17.7 Å². The number of hydroxylamine groups is 2. The SMILES string of the molecule is C[C@H](NC(=O)CCC(=O)ON1C(=O)CCC1=O)C(=O)N[C@@H](C)C(=O)N[C@@H](Cc1ccccc1)P(=O)(Oc1ccccc1)Oc1ccccc1. The van der Waals surface area contributed by atoms with Crippen molar-refractivity contribution in [3.63, 3.8) is 0 Å². The van der Waals surface area contributed by atoms with Crippen LogP contribution in [0, 0.1) is 0 Å². The molecule has 3 aromatic carbocycles. The van der Waals surface area contributed by atoms with E-state index < -0.39 is 67.4 Å². The summed E-state index contributed by atoms with van der Waals surface area (Å²) in [5, 5.41) is 8.06. The maximum Gasteiger partial charge on any atom is 0.453 e. The molecule has 49 heavy (non-hydrogen) atoms. The summed E-state index contributed by atoms with van der Waals surface area (Å²) in [5.41, 5.74) is 0.733. The molecular formula is C34H37N4O10P. The van der Waals surface area contributed by atoms with Crippen LogP contribution >= 0.6 is 7.60 Å². The van der Waals surface area contributed by atoms with Crippen LogP contribution in [0.3, 0.4) is 0 Å². The van der Waals surface area contributed by atoms with E-state index in [-0.39, 0.29) is 37.2 Å². The van der Waals surface area contributed by atoms with Crippen molar-refractivity contribution in [3.8, 4) is 11.5 Å². The lowest BCUT2D eigenvalue weighted by Gasteiger charge is -2.29. The highest BCUT2D eigenvalue weighted by molar-refractivity contribution is 7.55. The molecule has 15 heteroatoms. The molecule has 0 aromatic heterocycles. The zero-order valence-corrected chi connectivity index (χ0v) is 27.8. The van der Waals surface area contributed by atoms with Gasteiger partial charge in [0.15, 0.2) is 5.78 Å². The Morgan fingerprint density at radius 1 is 0.694 bits per heavy atom. The van der Waals surface area contributed by atoms with Gasteiger partial charge < -0.3 is 29.8 Å². The third-order valence-corrected chi connectivity index (χ3v) is 9.20. The van der Waals surface area contributed by atoms with Crippen LogP contribution < -0.4 is 25.0 Å². The van der Waals surface area contributed by atoms with E-state index in [9.17, 15) is 33.3 Å². The third kappa shape index (κ3) is 10.8. The van der Waals surface area contributed by atoms with Crippen molar-refractivity contribution in [1.29, 1.82) is 0 Å². The highest BCUT2D eigenvalue weighted by atomic mass is 31.2. The van der Waals surface area contributed by atoms with Gasteiger partial charge in [-0.25, -0.2) is 9.36 Å². The second-order valence-corrected chi connectivity index (χ2v) is 13.2. The van der Waals surface area contributed by atoms with Gasteiger partial charge in [-0.1, -0.05) is 66.7 Å². The molecule has 3 N–H and O–H groups in total. The number of amides is 5. The van der Waals surface area contributed by atoms with Crippen LogP contribution in [-0.4, -0.2) is 58.4 Å². The van der Waals surface area contributed by atoms with Crippen molar-refractivity contribution in [3.05, 3.63) is 96.6 Å². The Morgan fingerprint density at radius 3 is 1.69 bits per heavy atom. The number of benzene rings is 3. The largest absolute Gasteiger partial charge is 0.453 e. The predicted molar refractivity (Wildman–Crippen MR) is 175 cm³/mol. The number of imide groups is 1. The van der Waals surface area contributed by atoms with Gasteiger partial charge in [0, 0.05) is 25.7 Å². The normalized spacial score (nSPS) is 14.6. The zero-order chi connectivity index (χ0) is 35.4. The summed E-state index contributed by atoms with van der Waals surface area (Å²) in [7, 11) is -4.22. The van der Waals surface area contributed by atoms with Gasteiger partial charge >= 0.3 is 13.6 Å². The molecule has 0 spiro atoms. The van der Waals surface area contributed by atoms with Crippen molar-refractivity contribution >= 4 is 43.1 Å². The number of hydrogen-bond acceptors (Lipinski definition) is 10. The predicted octanol–water partition coefficient (Wildman–Crippen LogP) is 3.42. The van der Waals surface area contributed by atoms with E-state index >= 15 is 0 Å². The van der Waals surface area contributed by atoms with E-state index in [0.717, 1.165) is 5.56 Å². The lowest BCUT2D eigenvalue weighted by molar-refractivity contribution is -0.197. The molecule has 1 fully saturated rings. The second-order valence-electron chi connectivity index (χ2n) is 11.1. The number of nitrogens with one attached hydrogen (secondary N) is 3. The molecule has 0 unspecified atom stereocenters. The average Bonchev–Trinajstić information content (AvgIpc) is 3.40. The summed E-state index contributed by atoms with van der Waals surface area (Å²) < 4.78 is 26.6. The number of hydrogen-bond donors (Lipinski definition) is 3. The van der Waals surface area contributed by atoms with Crippen molar-refractivity contribution in [2.45, 2.75) is 63.8 Å². The molecule has 258 valence electrons. The minimum atomic E-state index is -4.22. The molecule has 3 atom stereocenters. The van der Waals surface area contributed by atoms with E-state index in [1.807, 2.05) is 6.07 Å². The van der Waals surface area contributed by atoms with Gasteiger partial charge in [-0.05, 0) is 43.7 Å². The second kappa shape index (κ2) is 17.1. The molecule has 1 heterocycles. The highest BCUT2D eigenvalue weighted by Crippen LogP contribution is 2.53. The molecule has 0 radical (unpaired) electrons. The highest BCUT2D eigenvalue weighted by Gasteiger charge is 2.41. The molecule has 0 saturated carbocycles. The number of rotatable bonds is 16. The maximum atomic E-state index is 14.6. The number of para-hydroxylation sites is 2. The summed E-state index contributed by atoms with van der Waals surface area (Å²) in [6, 6.07) is 23.5. The first-order chi connectivity index (χ1) is 23.4. The van der Waals surface area contributed by atoms with Gasteiger partial charge in [0.1, 0.15) is 23.6 Å². The van der Waals surface area contributed by atoms with Gasteiger partial charge in [-0.15, -0.1) is 5.06 Å². The number of nitrogens with zero attached hydrogens (tertiary/aromatic N) is 1. The topological polar surface area (TPSA) is 187 Å². The smallest absolute Gasteiger partial charge is 0.415 e. The fraction of sp³-hybridized carbons (Fsp3) is 0.294. The van der Waals surface area contributed by atoms with E-state index in [1.165, 1.54) is 13.8 Å². The Balaban J connectivity index is 1.40. The average molecular weight is 693 g/mol. The van der Waals surface area contributed by atoms with Crippen molar-refractivity contribution in [2.75, 3.05) is 0 Å². The minimum Gasteiger partial charge on any atom is -0.415 e. The quantitative estimate of drug-likeness (QED) is 0.148. The van der Waals surface area contributed by atoms with Crippen molar-refractivity contribution in [1.82, 2.24) is 21.0 Å². The lowest BCUT2D eigenvalue weighted by Crippen LogP contribution is -2.53. The first-order valence-electron chi connectivity index (χ1n) is 15.5. The molecular weight excluding hydrogens is 655 g/mol. The Bertz CT molecular complexity index is 1630. The van der Waals surface area contributed by atoms with Crippen molar-refractivity contribution < 1.29 is 47.2 Å². The first-order valence-corrected chi connectivity index (χ1v) is 17.1. The Kier molecular flexibility index (Phi) is 12.7. The van der Waals surface area contributed by atoms with Crippen LogP contribution in [-0.2, 0) is 44.6 Å². The summed E-state index contributed by atoms with van der Waals surface area (Å²) in [6.07, 6.45) is -0.909. The molecule has 1 aliphatic heterocycles. The molecule has 14 nitrogen and oxygen atoms in total. The molecule has 1 aliphatic rings. The fourth-order valence-corrected chi connectivity index (χ4v) is 6.42. The molecule has 0 aliphatic carbocycles. The van der Waals surface area contributed by atoms with Crippen LogP contribution in [0.5, 0.6) is 11.5 Å². The maximum absolute atomic E-state index is 14.6. The summed E-state index contributed by atoms with van der Waals surface area (Å²) in [6.45, 7) is 2.80. The fourth-order valence-electron chi connectivity index (χ4n) is 4.57. The Labute approximate surface area is 283 Å². The van der Waals surface area contributed by atoms with Crippen LogP contribution in [0.15, 0.2) is 91.0 Å².